The number of aliphatic hydroxyl groups is 1. The van der Waals surface area contributed by atoms with Gasteiger partial charge in [0, 0.05) is 0 Å². The molecule has 0 saturated heterocycles. The fraction of sp³-hybridized carbons (Fsp3) is 0.846. The van der Waals surface area contributed by atoms with Crippen LogP contribution in [0.2, 0.25) is 0 Å². The minimum Gasteiger partial charge on any atom is -0.394 e. The molecule has 8 atom stereocenters. The largest absolute Gasteiger partial charge is 0.394 e. The van der Waals surface area contributed by atoms with Gasteiger partial charge in [-0.1, -0.05) is 25.1 Å². The normalized spacial score (nSPS) is 43.9. The second-order valence-electron chi connectivity index (χ2n) is 11.6. The predicted molar refractivity (Wildman–Crippen MR) is 130 cm³/mol. The summed E-state index contributed by atoms with van der Waals surface area (Å²) >= 11 is 0. The van der Waals surface area contributed by atoms with Gasteiger partial charge in [0.25, 0.3) is 0 Å². The van der Waals surface area contributed by atoms with E-state index >= 15 is 0 Å². The van der Waals surface area contributed by atoms with Crippen molar-refractivity contribution in [1.29, 1.82) is 0 Å². The van der Waals surface area contributed by atoms with Crippen LogP contribution in [0.3, 0.4) is 0 Å². The molecule has 6 heteroatoms. The minimum absolute atomic E-state index is 0.0559. The number of fused-ring (bicyclic) bond motifs is 5. The third-order valence-corrected chi connectivity index (χ3v) is 9.98. The summed E-state index contributed by atoms with van der Waals surface area (Å²) in [6.07, 6.45) is 15.6. The van der Waals surface area contributed by atoms with Crippen LogP contribution in [0.1, 0.15) is 78.6 Å². The smallest absolute Gasteiger partial charge is 0.186 e. The number of hydrogen-bond donors (Lipinski definition) is 3. The molecule has 4 fully saturated rings. The number of aliphatic hydroxyl groups excluding tert-OH is 1. The van der Waals surface area contributed by atoms with Crippen LogP contribution in [-0.2, 0) is 4.84 Å². The molecule has 180 valence electrons. The predicted octanol–water partition coefficient (Wildman–Crippen LogP) is 4.23. The molecule has 0 amide bonds. The van der Waals surface area contributed by atoms with Gasteiger partial charge in [0.05, 0.1) is 18.9 Å². The summed E-state index contributed by atoms with van der Waals surface area (Å²) in [7, 11) is 0. The Morgan fingerprint density at radius 3 is 2.56 bits per heavy atom. The number of allylic oxidation sites excluding steroid dienone is 2. The molecule has 0 aromatic rings. The summed E-state index contributed by atoms with van der Waals surface area (Å²) in [6.45, 7) is 8.07. The lowest BCUT2D eigenvalue weighted by Crippen LogP contribution is -2.53. The molecular formula is C26H44N4O2. The third-order valence-electron chi connectivity index (χ3n) is 9.98. The number of hydrogen-bond acceptors (Lipinski definition) is 4. The van der Waals surface area contributed by atoms with Crippen LogP contribution in [0.25, 0.3) is 0 Å². The fourth-order valence-electron chi connectivity index (χ4n) is 8.30. The zero-order valence-electron chi connectivity index (χ0n) is 20.3. The molecule has 4 saturated carbocycles. The molecule has 5 N–H and O–H groups in total. The number of nitrogens with zero attached hydrogens (tertiary/aromatic N) is 2. The topological polar surface area (TPSA) is 106 Å². The highest BCUT2D eigenvalue weighted by atomic mass is 16.6. The van der Waals surface area contributed by atoms with Gasteiger partial charge in [-0.2, -0.15) is 0 Å². The number of aliphatic imine (C=N–C) groups is 1. The summed E-state index contributed by atoms with van der Waals surface area (Å²) in [5.74, 6) is 4.01. The minimum atomic E-state index is -0.0559. The Kier molecular flexibility index (Phi) is 6.90. The van der Waals surface area contributed by atoms with E-state index in [0.29, 0.717) is 29.9 Å². The van der Waals surface area contributed by atoms with Crippen LogP contribution >= 0.6 is 0 Å². The zero-order valence-corrected chi connectivity index (χ0v) is 20.3. The average molecular weight is 445 g/mol. The summed E-state index contributed by atoms with van der Waals surface area (Å²) in [4.78, 5) is 9.17. The van der Waals surface area contributed by atoms with Crippen molar-refractivity contribution in [2.75, 3.05) is 13.2 Å². The van der Waals surface area contributed by atoms with Gasteiger partial charge in [0.1, 0.15) is 6.61 Å². The number of guanidine groups is 1. The van der Waals surface area contributed by atoms with Gasteiger partial charge < -0.3 is 21.4 Å². The molecule has 0 spiro atoms. The van der Waals surface area contributed by atoms with Crippen molar-refractivity contribution in [3.8, 4) is 0 Å². The van der Waals surface area contributed by atoms with E-state index in [0.717, 1.165) is 36.5 Å². The lowest BCUT2D eigenvalue weighted by molar-refractivity contribution is -0.124. The maximum atomic E-state index is 10.3. The fourth-order valence-corrected chi connectivity index (χ4v) is 8.30. The molecule has 0 heterocycles. The monoisotopic (exact) mass is 444 g/mol. The molecule has 0 unspecified atom stereocenters. The Morgan fingerprint density at radius 2 is 1.78 bits per heavy atom. The Balaban J connectivity index is 1.39. The maximum absolute atomic E-state index is 10.3. The molecule has 4 aliphatic carbocycles. The van der Waals surface area contributed by atoms with Crippen molar-refractivity contribution in [2.45, 2.75) is 84.7 Å². The van der Waals surface area contributed by atoms with Crippen molar-refractivity contribution in [3.05, 3.63) is 11.6 Å². The van der Waals surface area contributed by atoms with Crippen molar-refractivity contribution in [2.24, 2.45) is 62.0 Å². The standard InChI is InChI=1S/C26H44N4O2/c1-17(16-30-32-13-12-29-24(27)28)14-18-5-7-22-21-6-4-19-15-20(31)8-10-25(19,2)23(21)9-11-26(18,22)3/h14,16,18-23,31H,4-13,15H2,1-3H3,(H4,27,28,29)/b17-14+,30-16+/t18-,19-,20+,21+,22+,23+,25+,26-/m1/s1. The van der Waals surface area contributed by atoms with E-state index in [-0.39, 0.29) is 12.1 Å². The first-order valence-electron chi connectivity index (χ1n) is 12.8. The summed E-state index contributed by atoms with van der Waals surface area (Å²) in [6, 6.07) is 0. The SMILES string of the molecule is CC(/C=N/OCCN=C(N)N)=C\[C@H]1CC[C@H]2[C@@H]3CC[C@@H]4C[C@@H](O)CC[C@]4(C)[C@H]3CC[C@]12C. The van der Waals surface area contributed by atoms with E-state index < -0.39 is 0 Å². The third kappa shape index (κ3) is 4.44. The second-order valence-corrected chi connectivity index (χ2v) is 11.6. The Morgan fingerprint density at radius 1 is 1.03 bits per heavy atom. The Bertz CT molecular complexity index is 761. The molecule has 0 aliphatic heterocycles. The van der Waals surface area contributed by atoms with E-state index in [9.17, 15) is 5.11 Å². The van der Waals surface area contributed by atoms with Gasteiger partial charge in [-0.25, -0.2) is 4.99 Å². The first-order valence-corrected chi connectivity index (χ1v) is 12.8. The van der Waals surface area contributed by atoms with E-state index in [1.165, 1.54) is 50.5 Å². The first-order chi connectivity index (χ1) is 15.2. The van der Waals surface area contributed by atoms with Crippen molar-refractivity contribution in [1.82, 2.24) is 0 Å². The van der Waals surface area contributed by atoms with Gasteiger partial charge in [0.15, 0.2) is 5.96 Å². The molecule has 0 aromatic carbocycles. The van der Waals surface area contributed by atoms with Crippen molar-refractivity contribution in [3.63, 3.8) is 0 Å². The van der Waals surface area contributed by atoms with Crippen LogP contribution in [0, 0.1) is 40.4 Å². The molecule has 0 aromatic heterocycles. The molecule has 32 heavy (non-hydrogen) atoms. The molecule has 6 nitrogen and oxygen atoms in total. The lowest BCUT2D eigenvalue weighted by atomic mass is 9.44. The summed E-state index contributed by atoms with van der Waals surface area (Å²) in [5.41, 5.74) is 12.7. The number of oxime groups is 1. The average Bonchev–Trinajstić information content (AvgIpc) is 3.07. The van der Waals surface area contributed by atoms with Crippen LogP contribution in [-0.4, -0.2) is 36.5 Å². The van der Waals surface area contributed by atoms with E-state index in [1.54, 1.807) is 0 Å². The van der Waals surface area contributed by atoms with Crippen LogP contribution in [0.15, 0.2) is 21.8 Å². The number of nitrogens with two attached hydrogens (primary N) is 2. The highest BCUT2D eigenvalue weighted by Crippen LogP contribution is 2.67. The lowest BCUT2D eigenvalue weighted by Gasteiger charge is -2.61. The summed E-state index contributed by atoms with van der Waals surface area (Å²) < 4.78 is 0. The highest BCUT2D eigenvalue weighted by molar-refractivity contribution is 5.77. The van der Waals surface area contributed by atoms with Gasteiger partial charge in [-0.15, -0.1) is 0 Å². The van der Waals surface area contributed by atoms with Gasteiger partial charge in [-0.05, 0) is 111 Å². The van der Waals surface area contributed by atoms with Crippen LogP contribution in [0.4, 0.5) is 0 Å². The quantitative estimate of drug-likeness (QED) is 0.247. The van der Waals surface area contributed by atoms with Crippen LogP contribution < -0.4 is 11.5 Å². The second kappa shape index (κ2) is 9.36. The molecular weight excluding hydrogens is 400 g/mol. The molecule has 0 radical (unpaired) electrons. The zero-order chi connectivity index (χ0) is 22.9. The van der Waals surface area contributed by atoms with Crippen molar-refractivity contribution < 1.29 is 9.94 Å². The molecule has 0 bridgehead atoms. The highest BCUT2D eigenvalue weighted by Gasteiger charge is 2.59. The van der Waals surface area contributed by atoms with Crippen molar-refractivity contribution >= 4 is 12.2 Å². The molecule has 4 rings (SSSR count). The van der Waals surface area contributed by atoms with Gasteiger partial charge in [-0.3, -0.25) is 0 Å². The van der Waals surface area contributed by atoms with Gasteiger partial charge in [0.2, 0.25) is 0 Å². The van der Waals surface area contributed by atoms with Crippen LogP contribution in [0.5, 0.6) is 0 Å². The Hall–Kier alpha value is -1.56. The summed E-state index contributed by atoms with van der Waals surface area (Å²) in [5, 5.41) is 14.4. The first kappa shape index (κ1) is 23.6. The Labute approximate surface area is 193 Å². The number of rotatable bonds is 6. The van der Waals surface area contributed by atoms with E-state index in [4.69, 9.17) is 16.3 Å². The molecule has 4 aliphatic rings. The van der Waals surface area contributed by atoms with Gasteiger partial charge >= 0.3 is 0 Å². The van der Waals surface area contributed by atoms with E-state index in [2.05, 4.69) is 37.0 Å². The maximum Gasteiger partial charge on any atom is 0.186 e. The van der Waals surface area contributed by atoms with E-state index in [1.807, 2.05) is 6.21 Å².